The molecule has 0 bridgehead atoms. The minimum atomic E-state index is 0.514. The lowest BCUT2D eigenvalue weighted by atomic mass is 10.0. The maximum atomic E-state index is 3.60. The van der Waals surface area contributed by atoms with E-state index in [9.17, 15) is 0 Å². The molecular weight excluding hydrogens is 310 g/mol. The van der Waals surface area contributed by atoms with E-state index in [1.54, 1.807) is 0 Å². The average molecular weight is 330 g/mol. The Morgan fingerprint density at radius 3 is 2.80 bits per heavy atom. The monoisotopic (exact) mass is 329 g/mol. The van der Waals surface area contributed by atoms with E-state index in [0.29, 0.717) is 6.04 Å². The maximum Gasteiger partial charge on any atom is 0.0543 e. The fourth-order valence-electron chi connectivity index (χ4n) is 3.21. The van der Waals surface area contributed by atoms with Crippen LogP contribution in [0.5, 0.6) is 0 Å². The zero-order valence-electron chi connectivity index (χ0n) is 11.8. The maximum absolute atomic E-state index is 3.60. The first-order valence-corrected chi connectivity index (χ1v) is 8.19. The minimum Gasteiger partial charge on any atom is -0.364 e. The van der Waals surface area contributed by atoms with Gasteiger partial charge in [-0.2, -0.15) is 0 Å². The van der Waals surface area contributed by atoms with Crippen molar-refractivity contribution >= 4 is 21.6 Å². The SMILES string of the molecule is CCc1ccccc1N1CCCC1c1cccc(Br)c1. The van der Waals surface area contributed by atoms with E-state index >= 15 is 0 Å². The summed E-state index contributed by atoms with van der Waals surface area (Å²) in [5.41, 5.74) is 4.29. The first kappa shape index (κ1) is 13.7. The standard InChI is InChI=1S/C18H20BrN/c1-2-14-7-3-4-10-17(14)20-12-6-11-18(20)15-8-5-9-16(19)13-15/h3-5,7-10,13,18H,2,6,11-12H2,1H3. The van der Waals surface area contributed by atoms with Crippen LogP contribution in [0.15, 0.2) is 53.0 Å². The highest BCUT2D eigenvalue weighted by atomic mass is 79.9. The largest absolute Gasteiger partial charge is 0.364 e. The molecule has 0 aliphatic carbocycles. The number of para-hydroxylation sites is 1. The molecule has 0 spiro atoms. The molecule has 2 aromatic carbocycles. The Labute approximate surface area is 129 Å². The van der Waals surface area contributed by atoms with Gasteiger partial charge in [-0.25, -0.2) is 0 Å². The van der Waals surface area contributed by atoms with Gasteiger partial charge in [-0.3, -0.25) is 0 Å². The molecule has 0 amide bonds. The zero-order valence-corrected chi connectivity index (χ0v) is 13.4. The normalized spacial score (nSPS) is 18.5. The van der Waals surface area contributed by atoms with Crippen molar-refractivity contribution in [3.63, 3.8) is 0 Å². The molecule has 1 heterocycles. The lowest BCUT2D eigenvalue weighted by Gasteiger charge is -2.29. The van der Waals surface area contributed by atoms with Gasteiger partial charge in [0.05, 0.1) is 6.04 Å². The van der Waals surface area contributed by atoms with E-state index in [1.807, 2.05) is 0 Å². The van der Waals surface area contributed by atoms with Crippen LogP contribution in [0.1, 0.15) is 36.9 Å². The molecule has 1 aliphatic rings. The smallest absolute Gasteiger partial charge is 0.0543 e. The molecule has 1 saturated heterocycles. The van der Waals surface area contributed by atoms with Gasteiger partial charge in [0.25, 0.3) is 0 Å². The van der Waals surface area contributed by atoms with Gasteiger partial charge in [0.1, 0.15) is 0 Å². The second-order valence-electron chi connectivity index (χ2n) is 5.39. The lowest BCUT2D eigenvalue weighted by Crippen LogP contribution is -2.23. The predicted molar refractivity (Wildman–Crippen MR) is 89.3 cm³/mol. The quantitative estimate of drug-likeness (QED) is 0.733. The van der Waals surface area contributed by atoms with Gasteiger partial charge < -0.3 is 4.90 Å². The topological polar surface area (TPSA) is 3.24 Å². The molecule has 2 aromatic rings. The van der Waals surface area contributed by atoms with Crippen LogP contribution in [0.3, 0.4) is 0 Å². The van der Waals surface area contributed by atoms with E-state index in [-0.39, 0.29) is 0 Å². The minimum absolute atomic E-state index is 0.514. The molecular formula is C18H20BrN. The molecule has 104 valence electrons. The van der Waals surface area contributed by atoms with E-state index in [1.165, 1.54) is 34.1 Å². The molecule has 0 saturated carbocycles. The van der Waals surface area contributed by atoms with Crippen LogP contribution in [-0.4, -0.2) is 6.54 Å². The van der Waals surface area contributed by atoms with Crippen molar-refractivity contribution in [1.82, 2.24) is 0 Å². The van der Waals surface area contributed by atoms with Gasteiger partial charge in [0.2, 0.25) is 0 Å². The Hall–Kier alpha value is -1.28. The number of aryl methyl sites for hydroxylation is 1. The van der Waals surface area contributed by atoms with Gasteiger partial charge in [0.15, 0.2) is 0 Å². The summed E-state index contributed by atoms with van der Waals surface area (Å²) in [5, 5.41) is 0. The number of halogens is 1. The Morgan fingerprint density at radius 1 is 1.15 bits per heavy atom. The number of rotatable bonds is 3. The summed E-state index contributed by atoms with van der Waals surface area (Å²) >= 11 is 3.60. The van der Waals surface area contributed by atoms with Gasteiger partial charge in [-0.1, -0.05) is 53.2 Å². The Balaban J connectivity index is 1.96. The third kappa shape index (κ3) is 2.62. The predicted octanol–water partition coefficient (Wildman–Crippen LogP) is 5.35. The molecule has 1 atom stereocenters. The summed E-state index contributed by atoms with van der Waals surface area (Å²) in [6, 6.07) is 18.1. The number of hydrogen-bond acceptors (Lipinski definition) is 1. The summed E-state index contributed by atoms with van der Waals surface area (Å²) in [6.45, 7) is 3.40. The first-order chi connectivity index (χ1) is 9.79. The van der Waals surface area contributed by atoms with Crippen LogP contribution in [0.2, 0.25) is 0 Å². The van der Waals surface area contributed by atoms with Crippen LogP contribution < -0.4 is 4.90 Å². The molecule has 1 aliphatic heterocycles. The summed E-state index contributed by atoms with van der Waals surface area (Å²) in [4.78, 5) is 2.58. The summed E-state index contributed by atoms with van der Waals surface area (Å²) < 4.78 is 1.17. The summed E-state index contributed by atoms with van der Waals surface area (Å²) in [7, 11) is 0. The molecule has 3 rings (SSSR count). The number of nitrogens with zero attached hydrogens (tertiary/aromatic N) is 1. The summed E-state index contributed by atoms with van der Waals surface area (Å²) in [5.74, 6) is 0. The van der Waals surface area contributed by atoms with Gasteiger partial charge in [-0.15, -0.1) is 0 Å². The van der Waals surface area contributed by atoms with Crippen molar-refractivity contribution < 1.29 is 0 Å². The van der Waals surface area contributed by atoms with Crippen molar-refractivity contribution in [2.75, 3.05) is 11.4 Å². The Kier molecular flexibility index (Phi) is 4.11. The highest BCUT2D eigenvalue weighted by molar-refractivity contribution is 9.10. The van der Waals surface area contributed by atoms with Crippen molar-refractivity contribution in [3.8, 4) is 0 Å². The van der Waals surface area contributed by atoms with Crippen LogP contribution in [0, 0.1) is 0 Å². The molecule has 2 heteroatoms. The van der Waals surface area contributed by atoms with Crippen molar-refractivity contribution in [3.05, 3.63) is 64.1 Å². The van der Waals surface area contributed by atoms with Crippen LogP contribution in [-0.2, 0) is 6.42 Å². The lowest BCUT2D eigenvalue weighted by molar-refractivity contribution is 0.716. The van der Waals surface area contributed by atoms with Crippen LogP contribution in [0.4, 0.5) is 5.69 Å². The highest BCUT2D eigenvalue weighted by Crippen LogP contribution is 2.38. The van der Waals surface area contributed by atoms with E-state index in [0.717, 1.165) is 13.0 Å². The third-order valence-corrected chi connectivity index (χ3v) is 4.66. The Bertz CT molecular complexity index is 593. The summed E-state index contributed by atoms with van der Waals surface area (Å²) in [6.07, 6.45) is 3.61. The van der Waals surface area contributed by atoms with Crippen molar-refractivity contribution in [1.29, 1.82) is 0 Å². The first-order valence-electron chi connectivity index (χ1n) is 7.39. The number of benzene rings is 2. The fourth-order valence-corrected chi connectivity index (χ4v) is 3.62. The van der Waals surface area contributed by atoms with Gasteiger partial charge in [0, 0.05) is 16.7 Å². The molecule has 0 radical (unpaired) electrons. The number of anilines is 1. The average Bonchev–Trinajstić information content (AvgIpc) is 2.96. The number of hydrogen-bond donors (Lipinski definition) is 0. The van der Waals surface area contributed by atoms with Gasteiger partial charge >= 0.3 is 0 Å². The van der Waals surface area contributed by atoms with Crippen LogP contribution in [0.25, 0.3) is 0 Å². The zero-order chi connectivity index (χ0) is 13.9. The highest BCUT2D eigenvalue weighted by Gasteiger charge is 2.27. The van der Waals surface area contributed by atoms with E-state index < -0.39 is 0 Å². The Morgan fingerprint density at radius 2 is 2.00 bits per heavy atom. The van der Waals surface area contributed by atoms with Gasteiger partial charge in [-0.05, 0) is 48.6 Å². The van der Waals surface area contributed by atoms with Crippen molar-refractivity contribution in [2.45, 2.75) is 32.2 Å². The molecule has 1 unspecified atom stereocenters. The van der Waals surface area contributed by atoms with E-state index in [4.69, 9.17) is 0 Å². The van der Waals surface area contributed by atoms with Crippen molar-refractivity contribution in [2.24, 2.45) is 0 Å². The fraction of sp³-hybridized carbons (Fsp3) is 0.333. The molecule has 1 fully saturated rings. The second kappa shape index (κ2) is 6.01. The second-order valence-corrected chi connectivity index (χ2v) is 6.30. The molecule has 0 aromatic heterocycles. The molecule has 20 heavy (non-hydrogen) atoms. The van der Waals surface area contributed by atoms with Crippen LogP contribution >= 0.6 is 15.9 Å². The molecule has 1 nitrogen and oxygen atoms in total. The molecule has 0 N–H and O–H groups in total. The third-order valence-electron chi connectivity index (χ3n) is 4.17. The van der Waals surface area contributed by atoms with E-state index in [2.05, 4.69) is 76.3 Å².